The molecule has 0 aromatic rings. The molecule has 1 heterocycles. The van der Waals surface area contributed by atoms with E-state index < -0.39 is 0 Å². The van der Waals surface area contributed by atoms with Crippen LogP contribution in [0.2, 0.25) is 0 Å². The largest absolute Gasteiger partial charge is 0.374 e. The van der Waals surface area contributed by atoms with Crippen LogP contribution < -0.4 is 0 Å². The van der Waals surface area contributed by atoms with Crippen molar-refractivity contribution < 1.29 is 9.53 Å². The lowest BCUT2D eigenvalue weighted by Crippen LogP contribution is -2.46. The van der Waals surface area contributed by atoms with Gasteiger partial charge in [0.25, 0.3) is 0 Å². The van der Waals surface area contributed by atoms with E-state index in [1.807, 2.05) is 4.90 Å². The van der Waals surface area contributed by atoms with Gasteiger partial charge in [-0.25, -0.2) is 0 Å². The number of fused-ring (bicyclic) bond motifs is 2. The lowest BCUT2D eigenvalue weighted by Gasteiger charge is -2.33. The number of halogens is 1. The van der Waals surface area contributed by atoms with Crippen molar-refractivity contribution in [3.8, 4) is 0 Å². The number of nitrogens with zero attached hydrogens (tertiary/aromatic N) is 1. The molecule has 4 heteroatoms. The third kappa shape index (κ3) is 2.60. The van der Waals surface area contributed by atoms with Gasteiger partial charge in [-0.2, -0.15) is 0 Å². The molecule has 0 radical (unpaired) electrons. The molecule has 0 spiro atoms. The first kappa shape index (κ1) is 12.9. The second-order valence-corrected chi connectivity index (χ2v) is 6.77. The summed E-state index contributed by atoms with van der Waals surface area (Å²) in [5, 5.41) is 0.824. The van der Waals surface area contributed by atoms with E-state index in [9.17, 15) is 4.79 Å². The summed E-state index contributed by atoms with van der Waals surface area (Å²) >= 11 is 3.44. The second-order valence-electron chi connectivity index (χ2n) is 6.13. The summed E-state index contributed by atoms with van der Waals surface area (Å²) in [6, 6.07) is 0. The molecule has 1 amide bonds. The molecule has 0 N–H and O–H groups in total. The predicted octanol–water partition coefficient (Wildman–Crippen LogP) is 2.44. The maximum absolute atomic E-state index is 12.3. The quantitative estimate of drug-likeness (QED) is 0.749. The van der Waals surface area contributed by atoms with Crippen LogP contribution in [0.15, 0.2) is 0 Å². The zero-order valence-electron chi connectivity index (χ0n) is 10.8. The fourth-order valence-electron chi connectivity index (χ4n) is 4.02. The summed E-state index contributed by atoms with van der Waals surface area (Å²) in [6.45, 7) is 2.24. The van der Waals surface area contributed by atoms with Gasteiger partial charge < -0.3 is 9.64 Å². The van der Waals surface area contributed by atoms with E-state index >= 15 is 0 Å². The maximum Gasteiger partial charge on any atom is 0.223 e. The molecule has 4 unspecified atom stereocenters. The van der Waals surface area contributed by atoms with Gasteiger partial charge >= 0.3 is 0 Å². The van der Waals surface area contributed by atoms with Crippen LogP contribution in [0, 0.1) is 17.8 Å². The van der Waals surface area contributed by atoms with Crippen molar-refractivity contribution in [1.82, 2.24) is 4.90 Å². The topological polar surface area (TPSA) is 29.5 Å². The monoisotopic (exact) mass is 315 g/mol. The van der Waals surface area contributed by atoms with Crippen molar-refractivity contribution in [3.63, 3.8) is 0 Å². The van der Waals surface area contributed by atoms with Crippen LogP contribution in [-0.4, -0.2) is 41.9 Å². The van der Waals surface area contributed by atoms with Gasteiger partial charge in [0.05, 0.1) is 12.7 Å². The fourth-order valence-corrected chi connectivity index (χ4v) is 4.41. The van der Waals surface area contributed by atoms with Crippen LogP contribution in [0.25, 0.3) is 0 Å². The third-order valence-electron chi connectivity index (χ3n) is 4.98. The zero-order chi connectivity index (χ0) is 12.5. The highest BCUT2D eigenvalue weighted by molar-refractivity contribution is 9.09. The van der Waals surface area contributed by atoms with Crippen molar-refractivity contribution in [2.45, 2.75) is 38.2 Å². The molecular formula is C14H22BrNO2. The lowest BCUT2D eigenvalue weighted by molar-refractivity contribution is -0.139. The summed E-state index contributed by atoms with van der Waals surface area (Å²) < 4.78 is 5.59. The minimum absolute atomic E-state index is 0.183. The van der Waals surface area contributed by atoms with Crippen molar-refractivity contribution in [1.29, 1.82) is 0 Å². The van der Waals surface area contributed by atoms with Gasteiger partial charge in [-0.05, 0) is 37.0 Å². The predicted molar refractivity (Wildman–Crippen MR) is 73.7 cm³/mol. The lowest BCUT2D eigenvalue weighted by atomic mass is 9.86. The Balaban J connectivity index is 1.52. The first-order valence-electron chi connectivity index (χ1n) is 7.21. The van der Waals surface area contributed by atoms with Crippen molar-refractivity contribution in [2.75, 3.05) is 25.0 Å². The molecule has 4 atom stereocenters. The Hall–Kier alpha value is -0.0900. The minimum Gasteiger partial charge on any atom is -0.374 e. The molecule has 0 aromatic heterocycles. The van der Waals surface area contributed by atoms with E-state index in [-0.39, 0.29) is 6.10 Å². The Kier molecular flexibility index (Phi) is 3.94. The number of carbonyl (C=O) groups is 1. The smallest absolute Gasteiger partial charge is 0.223 e. The Bertz CT molecular complexity index is 323. The Morgan fingerprint density at radius 3 is 2.89 bits per heavy atom. The number of rotatable bonds is 3. The molecule has 2 bridgehead atoms. The first-order valence-corrected chi connectivity index (χ1v) is 8.33. The maximum atomic E-state index is 12.3. The molecule has 3 aliphatic rings. The van der Waals surface area contributed by atoms with Crippen LogP contribution in [0.4, 0.5) is 0 Å². The molecule has 102 valence electrons. The first-order chi connectivity index (χ1) is 8.76. The van der Waals surface area contributed by atoms with Gasteiger partial charge in [0.15, 0.2) is 0 Å². The summed E-state index contributed by atoms with van der Waals surface area (Å²) in [6.07, 6.45) is 6.46. The molecule has 18 heavy (non-hydrogen) atoms. The summed E-state index contributed by atoms with van der Waals surface area (Å²) in [4.78, 5) is 14.4. The number of carbonyl (C=O) groups excluding carboxylic acids is 1. The van der Waals surface area contributed by atoms with Gasteiger partial charge in [-0.1, -0.05) is 22.4 Å². The summed E-state index contributed by atoms with van der Waals surface area (Å²) in [5.74, 6) is 2.84. The van der Waals surface area contributed by atoms with Crippen LogP contribution in [0.5, 0.6) is 0 Å². The molecule has 3 fully saturated rings. The molecule has 0 aromatic carbocycles. The van der Waals surface area contributed by atoms with Crippen molar-refractivity contribution >= 4 is 21.8 Å². The van der Waals surface area contributed by atoms with Gasteiger partial charge in [0.1, 0.15) is 0 Å². The van der Waals surface area contributed by atoms with Gasteiger partial charge in [0, 0.05) is 24.8 Å². The van der Waals surface area contributed by atoms with Crippen molar-refractivity contribution in [3.05, 3.63) is 0 Å². The highest BCUT2D eigenvalue weighted by atomic mass is 79.9. The number of morpholine rings is 1. The Labute approximate surface area is 117 Å². The van der Waals surface area contributed by atoms with E-state index in [1.54, 1.807) is 0 Å². The number of hydrogen-bond donors (Lipinski definition) is 0. The summed E-state index contributed by atoms with van der Waals surface area (Å²) in [7, 11) is 0. The third-order valence-corrected chi connectivity index (χ3v) is 5.71. The minimum atomic E-state index is 0.183. The van der Waals surface area contributed by atoms with Gasteiger partial charge in [-0.3, -0.25) is 4.79 Å². The van der Waals surface area contributed by atoms with Crippen LogP contribution >= 0.6 is 15.9 Å². The molecule has 1 saturated heterocycles. The molecule has 2 saturated carbocycles. The number of alkyl halides is 1. The fraction of sp³-hybridized carbons (Fsp3) is 0.929. The van der Waals surface area contributed by atoms with E-state index in [0.29, 0.717) is 18.4 Å². The normalized spacial score (nSPS) is 39.3. The molecule has 3 rings (SSSR count). The second kappa shape index (κ2) is 5.49. The Morgan fingerprint density at radius 1 is 1.33 bits per heavy atom. The molecular weight excluding hydrogens is 294 g/mol. The number of hydrogen-bond acceptors (Lipinski definition) is 2. The molecule has 3 nitrogen and oxygen atoms in total. The van der Waals surface area contributed by atoms with Crippen LogP contribution in [-0.2, 0) is 9.53 Å². The van der Waals surface area contributed by atoms with Crippen LogP contribution in [0.3, 0.4) is 0 Å². The average molecular weight is 316 g/mol. The zero-order valence-corrected chi connectivity index (χ0v) is 12.4. The van der Waals surface area contributed by atoms with E-state index in [2.05, 4.69) is 15.9 Å². The molecule has 1 aliphatic heterocycles. The SMILES string of the molecule is O=C(CC1CC2CCC1C2)N1CCOC(CBr)C1. The van der Waals surface area contributed by atoms with E-state index in [1.165, 1.54) is 25.7 Å². The summed E-state index contributed by atoms with van der Waals surface area (Å²) in [5.41, 5.74) is 0. The molecule has 2 aliphatic carbocycles. The standard InChI is InChI=1S/C14H22BrNO2/c15-8-13-9-16(3-4-18-13)14(17)7-12-6-10-1-2-11(12)5-10/h10-13H,1-9H2. The van der Waals surface area contributed by atoms with Gasteiger partial charge in [-0.15, -0.1) is 0 Å². The van der Waals surface area contributed by atoms with Gasteiger partial charge in [0.2, 0.25) is 5.91 Å². The van der Waals surface area contributed by atoms with E-state index in [0.717, 1.165) is 36.7 Å². The highest BCUT2D eigenvalue weighted by Gasteiger charge is 2.40. The van der Waals surface area contributed by atoms with Crippen LogP contribution in [0.1, 0.15) is 32.1 Å². The van der Waals surface area contributed by atoms with E-state index in [4.69, 9.17) is 4.74 Å². The average Bonchev–Trinajstić information content (AvgIpc) is 3.01. The number of ether oxygens (including phenoxy) is 1. The van der Waals surface area contributed by atoms with Crippen molar-refractivity contribution in [2.24, 2.45) is 17.8 Å². The number of amides is 1. The highest BCUT2D eigenvalue weighted by Crippen LogP contribution is 2.49. The Morgan fingerprint density at radius 2 is 2.22 bits per heavy atom.